The van der Waals surface area contributed by atoms with Gasteiger partial charge in [-0.2, -0.15) is 0 Å². The fraction of sp³-hybridized carbons (Fsp3) is 0.226. The van der Waals surface area contributed by atoms with Crippen LogP contribution in [0.2, 0.25) is 0 Å². The molecule has 3 N–H and O–H groups in total. The lowest BCUT2D eigenvalue weighted by Gasteiger charge is -2.28. The predicted molar refractivity (Wildman–Crippen MR) is 154 cm³/mol. The van der Waals surface area contributed by atoms with Gasteiger partial charge in [0.05, 0.1) is 39.0 Å². The van der Waals surface area contributed by atoms with E-state index < -0.39 is 23.9 Å². The van der Waals surface area contributed by atoms with Crippen LogP contribution in [0, 0.1) is 0 Å². The number of aromatic amines is 1. The molecule has 1 aromatic heterocycles. The molecule has 2 amide bonds. The third-order valence-electron chi connectivity index (χ3n) is 6.05. The molecule has 4 aromatic rings. The number of benzene rings is 3. The molecule has 0 fully saturated rings. The van der Waals surface area contributed by atoms with E-state index in [2.05, 4.69) is 15.8 Å². The second kappa shape index (κ2) is 12.4. The number of nitrogens with zero attached hydrogens (tertiary/aromatic N) is 2. The molecule has 0 aliphatic carbocycles. The number of hydrogen-bond acceptors (Lipinski definition) is 5. The number of nitrogens with one attached hydrogen (secondary N) is 3. The van der Waals surface area contributed by atoms with Crippen LogP contribution in [0.3, 0.4) is 0 Å². The van der Waals surface area contributed by atoms with Gasteiger partial charge in [0.15, 0.2) is 6.10 Å². The van der Waals surface area contributed by atoms with Gasteiger partial charge < -0.3 is 14.2 Å². The van der Waals surface area contributed by atoms with Gasteiger partial charge in [0.25, 0.3) is 5.91 Å². The number of carbonyl (C=O) groups excluding carboxylic acids is 3. The van der Waals surface area contributed by atoms with Crippen molar-refractivity contribution in [3.05, 3.63) is 90.5 Å². The summed E-state index contributed by atoms with van der Waals surface area (Å²) < 4.78 is 5.79. The second-order valence-corrected chi connectivity index (χ2v) is 10.5. The number of carbonyl (C=O) groups is 3. The number of H-pyrrole nitrogens is 1. The summed E-state index contributed by atoms with van der Waals surface area (Å²) in [7, 11) is 5.81. The highest BCUT2D eigenvalue weighted by Gasteiger charge is 2.24. The average Bonchev–Trinajstić information content (AvgIpc) is 3.37. The van der Waals surface area contributed by atoms with Crippen molar-refractivity contribution in [1.82, 2.24) is 20.8 Å². The zero-order valence-electron chi connectivity index (χ0n) is 23.1. The summed E-state index contributed by atoms with van der Waals surface area (Å²) in [5, 5.41) is 0. The monoisotopic (exact) mass is 540 g/mol. The average molecular weight is 541 g/mol. The zero-order chi connectivity index (χ0) is 28.7. The molecule has 0 radical (unpaired) electrons. The van der Waals surface area contributed by atoms with Gasteiger partial charge in [0.2, 0.25) is 5.91 Å². The Labute approximate surface area is 233 Å². The molecule has 9 heteroatoms. The molecule has 3 aromatic carbocycles. The van der Waals surface area contributed by atoms with Crippen molar-refractivity contribution in [3.63, 3.8) is 0 Å². The minimum atomic E-state index is -0.608. The van der Waals surface area contributed by atoms with Crippen molar-refractivity contribution < 1.29 is 23.6 Å². The van der Waals surface area contributed by atoms with E-state index in [0.29, 0.717) is 22.4 Å². The lowest BCUT2D eigenvalue weighted by Crippen LogP contribution is -2.47. The van der Waals surface area contributed by atoms with Gasteiger partial charge in [-0.25, -0.2) is 4.98 Å². The minimum Gasteiger partial charge on any atom is -0.456 e. The topological polar surface area (TPSA) is 113 Å². The third kappa shape index (κ3) is 7.64. The number of ether oxygens (including phenoxy) is 1. The van der Waals surface area contributed by atoms with Crippen LogP contribution in [0.1, 0.15) is 23.7 Å². The Morgan fingerprint density at radius 3 is 2.00 bits per heavy atom. The number of esters is 1. The summed E-state index contributed by atoms with van der Waals surface area (Å²) in [6.07, 6.45) is -0.677. The highest BCUT2D eigenvalue weighted by atomic mass is 16.5. The number of hydrogen-bond donors (Lipinski definition) is 3. The van der Waals surface area contributed by atoms with Crippen molar-refractivity contribution in [2.24, 2.45) is 0 Å². The summed E-state index contributed by atoms with van der Waals surface area (Å²) in [6.45, 7) is 1.76. The number of aromatic nitrogens is 2. The molecule has 0 bridgehead atoms. The smallest absolute Gasteiger partial charge is 0.303 e. The number of likely N-dealkylation sites (N-methyl/N-ethyl adjacent to an activating group) is 1. The van der Waals surface area contributed by atoms with E-state index in [0.717, 1.165) is 28.1 Å². The minimum absolute atomic E-state index is 0.0691. The van der Waals surface area contributed by atoms with E-state index in [1.807, 2.05) is 81.8 Å². The van der Waals surface area contributed by atoms with Crippen molar-refractivity contribution in [3.8, 4) is 33.9 Å². The molecule has 206 valence electrons. The molecular formula is C31H34N5O4+. The van der Waals surface area contributed by atoms with Crippen LogP contribution in [0.4, 0.5) is 0 Å². The first-order valence-electron chi connectivity index (χ1n) is 13.0. The van der Waals surface area contributed by atoms with Gasteiger partial charge in [-0.05, 0) is 12.1 Å². The first kappa shape index (κ1) is 28.3. The quantitative estimate of drug-likeness (QED) is 0.167. The molecular weight excluding hydrogens is 506 g/mol. The van der Waals surface area contributed by atoms with E-state index in [1.54, 1.807) is 24.3 Å². The number of hydrazine groups is 1. The van der Waals surface area contributed by atoms with Gasteiger partial charge in [-0.15, -0.1) is 0 Å². The number of imidazole rings is 1. The molecule has 1 atom stereocenters. The standard InChI is InChI=1S/C31H33N5O4/c1-21(37)40-26(20-36(2,3)4)19-27(38)34-35-31(39)25-17-15-24(16-18-25)30-32-28(22-11-7-5-8-12-22)29(33-30)23-13-9-6-10-14-23/h5-18,26H,19-20H2,1-4H3,(H2-,32,33,34,35,38,39)/p+1. The van der Waals surface area contributed by atoms with Crippen LogP contribution in [-0.2, 0) is 14.3 Å². The molecule has 1 heterocycles. The first-order chi connectivity index (χ1) is 19.1. The normalized spacial score (nSPS) is 11.9. The van der Waals surface area contributed by atoms with Gasteiger partial charge in [0.1, 0.15) is 12.4 Å². The number of amides is 2. The molecule has 0 aliphatic heterocycles. The van der Waals surface area contributed by atoms with Crippen LogP contribution in [0.5, 0.6) is 0 Å². The SMILES string of the molecule is CC(=O)OC(CC(=O)NNC(=O)c1ccc(-c2nc(-c3ccccc3)c(-c3ccccc3)[nH]2)cc1)C[N+](C)(C)C. The summed E-state index contributed by atoms with van der Waals surface area (Å²) in [6, 6.07) is 26.9. The van der Waals surface area contributed by atoms with Gasteiger partial charge in [-0.3, -0.25) is 25.2 Å². The zero-order valence-corrected chi connectivity index (χ0v) is 23.1. The largest absolute Gasteiger partial charge is 0.456 e. The third-order valence-corrected chi connectivity index (χ3v) is 6.05. The Hall–Kier alpha value is -4.76. The highest BCUT2D eigenvalue weighted by Crippen LogP contribution is 2.32. The van der Waals surface area contributed by atoms with Crippen LogP contribution in [0.15, 0.2) is 84.9 Å². The summed E-state index contributed by atoms with van der Waals surface area (Å²) in [5.74, 6) is -0.711. The van der Waals surface area contributed by atoms with Crippen LogP contribution >= 0.6 is 0 Å². The maximum atomic E-state index is 12.7. The molecule has 0 aliphatic rings. The van der Waals surface area contributed by atoms with Crippen LogP contribution < -0.4 is 10.9 Å². The van der Waals surface area contributed by atoms with Gasteiger partial charge in [-0.1, -0.05) is 72.8 Å². The highest BCUT2D eigenvalue weighted by molar-refractivity contribution is 5.95. The van der Waals surface area contributed by atoms with Crippen LogP contribution in [-0.4, -0.2) is 66.0 Å². The van der Waals surface area contributed by atoms with E-state index in [4.69, 9.17) is 9.72 Å². The Morgan fingerprint density at radius 2 is 1.43 bits per heavy atom. The Kier molecular flexibility index (Phi) is 8.76. The Balaban J connectivity index is 1.45. The van der Waals surface area contributed by atoms with Crippen molar-refractivity contribution in [2.45, 2.75) is 19.4 Å². The molecule has 0 saturated heterocycles. The summed E-state index contributed by atoms with van der Waals surface area (Å²) >= 11 is 0. The van der Waals surface area contributed by atoms with E-state index >= 15 is 0 Å². The van der Waals surface area contributed by atoms with Crippen molar-refractivity contribution >= 4 is 17.8 Å². The maximum Gasteiger partial charge on any atom is 0.303 e. The number of rotatable bonds is 9. The fourth-order valence-electron chi connectivity index (χ4n) is 4.35. The molecule has 1 unspecified atom stereocenters. The van der Waals surface area contributed by atoms with Gasteiger partial charge in [0, 0.05) is 29.2 Å². The summed E-state index contributed by atoms with van der Waals surface area (Å²) in [5.41, 5.74) is 9.77. The van der Waals surface area contributed by atoms with Crippen molar-refractivity contribution in [1.29, 1.82) is 0 Å². The van der Waals surface area contributed by atoms with E-state index in [1.165, 1.54) is 6.92 Å². The lowest BCUT2D eigenvalue weighted by atomic mass is 10.1. The molecule has 0 saturated carbocycles. The predicted octanol–water partition coefficient (Wildman–Crippen LogP) is 4.20. The molecule has 9 nitrogen and oxygen atoms in total. The van der Waals surface area contributed by atoms with Gasteiger partial charge >= 0.3 is 5.97 Å². The first-order valence-corrected chi connectivity index (χ1v) is 13.0. The maximum absolute atomic E-state index is 12.7. The van der Waals surface area contributed by atoms with Crippen LogP contribution in [0.25, 0.3) is 33.9 Å². The molecule has 0 spiro atoms. The molecule has 40 heavy (non-hydrogen) atoms. The fourth-order valence-corrected chi connectivity index (χ4v) is 4.35. The second-order valence-electron chi connectivity index (χ2n) is 10.5. The lowest BCUT2D eigenvalue weighted by molar-refractivity contribution is -0.873. The van der Waals surface area contributed by atoms with Crippen molar-refractivity contribution in [2.75, 3.05) is 27.7 Å². The molecule has 4 rings (SSSR count). The van der Waals surface area contributed by atoms with E-state index in [-0.39, 0.29) is 6.42 Å². The number of quaternary nitrogens is 1. The Bertz CT molecular complexity index is 1400. The Morgan fingerprint density at radius 1 is 0.825 bits per heavy atom. The summed E-state index contributed by atoms with van der Waals surface area (Å²) in [4.78, 5) is 44.9. The van der Waals surface area contributed by atoms with E-state index in [9.17, 15) is 14.4 Å².